The maximum atomic E-state index is 4.75. The average Bonchev–Trinajstić information content (AvgIpc) is 2.73. The van der Waals surface area contributed by atoms with Crippen LogP contribution < -0.4 is 5.32 Å². The van der Waals surface area contributed by atoms with Crippen molar-refractivity contribution in [2.45, 2.75) is 44.8 Å². The van der Waals surface area contributed by atoms with Gasteiger partial charge in [-0.15, -0.1) is 0 Å². The Bertz CT molecular complexity index is 870. The van der Waals surface area contributed by atoms with Crippen LogP contribution >= 0.6 is 11.8 Å². The summed E-state index contributed by atoms with van der Waals surface area (Å²) < 4.78 is 0. The first-order chi connectivity index (χ1) is 13.9. The summed E-state index contributed by atoms with van der Waals surface area (Å²) in [4.78, 5) is 4.75. The molecule has 1 aromatic rings. The molecule has 1 N–H and O–H groups in total. The van der Waals surface area contributed by atoms with Crippen LogP contribution in [0.25, 0.3) is 5.57 Å². The van der Waals surface area contributed by atoms with E-state index in [0.717, 1.165) is 64.5 Å². The topological polar surface area (TPSA) is 24.4 Å². The van der Waals surface area contributed by atoms with Crippen LogP contribution in [0, 0.1) is 0 Å². The summed E-state index contributed by atoms with van der Waals surface area (Å²) in [6.07, 6.45) is 12.0. The van der Waals surface area contributed by atoms with Crippen molar-refractivity contribution in [2.24, 2.45) is 4.99 Å². The number of thioether (sulfide) groups is 1. The van der Waals surface area contributed by atoms with Gasteiger partial charge in [0.1, 0.15) is 0 Å². The number of para-hydroxylation sites is 1. The number of aliphatic imine (C=N–C) groups is 1. The molecule has 2 rings (SSSR count). The molecule has 0 bridgehead atoms. The van der Waals surface area contributed by atoms with E-state index in [1.54, 1.807) is 11.8 Å². The number of benzene rings is 1. The number of anilines is 1. The quantitative estimate of drug-likeness (QED) is 0.243. The van der Waals surface area contributed by atoms with Crippen molar-refractivity contribution < 1.29 is 0 Å². The minimum Gasteiger partial charge on any atom is -0.359 e. The lowest BCUT2D eigenvalue weighted by Crippen LogP contribution is -2.12. The molecule has 0 amide bonds. The third-order valence-electron chi connectivity index (χ3n) is 4.68. The first-order valence-corrected chi connectivity index (χ1v) is 10.9. The Hall–Kier alpha value is -2.52. The molecule has 0 aromatic heterocycles. The highest BCUT2D eigenvalue weighted by atomic mass is 32.2. The predicted octanol–water partition coefficient (Wildman–Crippen LogP) is 7.92. The van der Waals surface area contributed by atoms with Crippen LogP contribution in [0.1, 0.15) is 45.1 Å². The Morgan fingerprint density at radius 3 is 2.62 bits per heavy atom. The summed E-state index contributed by atoms with van der Waals surface area (Å²) >= 11 is 1.68. The van der Waals surface area contributed by atoms with Crippen molar-refractivity contribution in [1.82, 2.24) is 0 Å². The number of allylic oxidation sites excluding steroid dienone is 5. The molecule has 1 atom stereocenters. The molecule has 3 heteroatoms. The number of nitrogens with one attached hydrogen (secondary N) is 1. The van der Waals surface area contributed by atoms with Gasteiger partial charge in [0.05, 0.1) is 10.7 Å². The summed E-state index contributed by atoms with van der Waals surface area (Å²) in [5.74, 6) is 0. The van der Waals surface area contributed by atoms with E-state index < -0.39 is 0 Å². The van der Waals surface area contributed by atoms with Crippen molar-refractivity contribution >= 4 is 28.1 Å². The summed E-state index contributed by atoms with van der Waals surface area (Å²) in [6.45, 7) is 20.8. The highest BCUT2D eigenvalue weighted by Crippen LogP contribution is 2.30. The second-order valence-electron chi connectivity index (χ2n) is 7.15. The number of hydrogen-bond acceptors (Lipinski definition) is 3. The van der Waals surface area contributed by atoms with E-state index in [4.69, 9.17) is 4.99 Å². The van der Waals surface area contributed by atoms with Crippen LogP contribution in [0.2, 0.25) is 0 Å². The summed E-state index contributed by atoms with van der Waals surface area (Å²) in [5, 5.41) is 4.56. The Morgan fingerprint density at radius 1 is 1.24 bits per heavy atom. The van der Waals surface area contributed by atoms with Gasteiger partial charge < -0.3 is 5.32 Å². The normalized spacial score (nSPS) is 14.7. The number of nitrogens with zero attached hydrogens (tertiary/aromatic N) is 1. The lowest BCUT2D eigenvalue weighted by Gasteiger charge is -2.20. The van der Waals surface area contributed by atoms with Crippen LogP contribution in [0.3, 0.4) is 0 Å². The van der Waals surface area contributed by atoms with Crippen molar-refractivity contribution in [2.75, 3.05) is 5.32 Å². The third-order valence-corrected chi connectivity index (χ3v) is 6.03. The van der Waals surface area contributed by atoms with Crippen molar-refractivity contribution in [3.8, 4) is 0 Å². The Kier molecular flexibility index (Phi) is 9.01. The van der Waals surface area contributed by atoms with Gasteiger partial charge in [0.25, 0.3) is 0 Å². The standard InChI is InChI=1S/C26H32N2S/c1-7-20(5)23-16-12-13-17-24(23)27-21(6)18-25(19(3)4)29-26(8-2)28-22-14-10-9-11-15-22/h8,10,12-17,25,27H,2-3,5-7,9,11,18H2,1,4H3. The van der Waals surface area contributed by atoms with Crippen LogP contribution in [-0.2, 0) is 0 Å². The third kappa shape index (κ3) is 7.10. The first-order valence-electron chi connectivity index (χ1n) is 10.1. The smallest absolute Gasteiger partial charge is 0.0967 e. The summed E-state index contributed by atoms with van der Waals surface area (Å²) in [6, 6.07) is 8.24. The molecule has 0 spiro atoms. The molecule has 0 saturated heterocycles. The second kappa shape index (κ2) is 11.5. The highest BCUT2D eigenvalue weighted by Gasteiger charge is 2.16. The van der Waals surface area contributed by atoms with Crippen LogP contribution in [-0.4, -0.2) is 10.3 Å². The SMILES string of the molecule is C=CC(=NC1=CCCC=C1)SC(CC(=C)Nc1ccccc1C(=C)CC)C(=C)C. The van der Waals surface area contributed by atoms with E-state index in [1.807, 2.05) is 18.2 Å². The zero-order valence-electron chi connectivity index (χ0n) is 17.7. The molecule has 0 aliphatic heterocycles. The fraction of sp³-hybridized carbons (Fsp3) is 0.269. The van der Waals surface area contributed by atoms with Gasteiger partial charge in [0.2, 0.25) is 0 Å². The zero-order chi connectivity index (χ0) is 21.2. The molecule has 0 heterocycles. The number of hydrogen-bond donors (Lipinski definition) is 1. The molecule has 29 heavy (non-hydrogen) atoms. The maximum Gasteiger partial charge on any atom is 0.0967 e. The zero-order valence-corrected chi connectivity index (χ0v) is 18.5. The Morgan fingerprint density at radius 2 is 2.00 bits per heavy atom. The van der Waals surface area contributed by atoms with Crippen LogP contribution in [0.4, 0.5) is 5.69 Å². The van der Waals surface area contributed by atoms with Crippen LogP contribution in [0.15, 0.2) is 96.8 Å². The molecule has 152 valence electrons. The van der Waals surface area contributed by atoms with E-state index in [2.05, 4.69) is 75.8 Å². The second-order valence-corrected chi connectivity index (χ2v) is 8.37. The average molecular weight is 405 g/mol. The largest absolute Gasteiger partial charge is 0.359 e. The Labute approximate surface area is 180 Å². The van der Waals surface area contributed by atoms with Gasteiger partial charge in [-0.3, -0.25) is 0 Å². The molecule has 1 aromatic carbocycles. The lowest BCUT2D eigenvalue weighted by atomic mass is 10.0. The van der Waals surface area contributed by atoms with E-state index in [-0.39, 0.29) is 5.25 Å². The van der Waals surface area contributed by atoms with E-state index in [9.17, 15) is 0 Å². The van der Waals surface area contributed by atoms with Gasteiger partial charge in [-0.05, 0) is 50.0 Å². The van der Waals surface area contributed by atoms with E-state index >= 15 is 0 Å². The van der Waals surface area contributed by atoms with Gasteiger partial charge in [0, 0.05) is 28.6 Å². The Balaban J connectivity index is 2.09. The molecule has 1 aliphatic carbocycles. The van der Waals surface area contributed by atoms with Gasteiger partial charge >= 0.3 is 0 Å². The summed E-state index contributed by atoms with van der Waals surface area (Å²) in [7, 11) is 0. The fourth-order valence-electron chi connectivity index (χ4n) is 2.95. The molecule has 1 unspecified atom stereocenters. The van der Waals surface area contributed by atoms with Crippen LogP contribution in [0.5, 0.6) is 0 Å². The molecular formula is C26H32N2S. The van der Waals surface area contributed by atoms with Crippen molar-refractivity contribution in [3.63, 3.8) is 0 Å². The molecular weight excluding hydrogens is 372 g/mol. The number of rotatable bonds is 10. The lowest BCUT2D eigenvalue weighted by molar-refractivity contribution is 0.959. The van der Waals surface area contributed by atoms with Crippen molar-refractivity contribution in [3.05, 3.63) is 97.4 Å². The van der Waals surface area contributed by atoms with Crippen molar-refractivity contribution in [1.29, 1.82) is 0 Å². The maximum absolute atomic E-state index is 4.75. The molecule has 0 fully saturated rings. The fourth-order valence-corrected chi connectivity index (χ4v) is 3.98. The first kappa shape index (κ1) is 22.8. The molecule has 1 aliphatic rings. The minimum atomic E-state index is 0.168. The van der Waals surface area contributed by atoms with E-state index in [0.29, 0.717) is 0 Å². The van der Waals surface area contributed by atoms with Gasteiger partial charge in [-0.2, -0.15) is 0 Å². The highest BCUT2D eigenvalue weighted by molar-refractivity contribution is 8.15. The monoisotopic (exact) mass is 404 g/mol. The molecule has 0 saturated carbocycles. The van der Waals surface area contributed by atoms with Gasteiger partial charge in [-0.1, -0.05) is 80.9 Å². The van der Waals surface area contributed by atoms with E-state index in [1.165, 1.54) is 0 Å². The van der Waals surface area contributed by atoms with Gasteiger partial charge in [-0.25, -0.2) is 4.99 Å². The minimum absolute atomic E-state index is 0.168. The molecule has 2 nitrogen and oxygen atoms in total. The molecule has 0 radical (unpaired) electrons. The predicted molar refractivity (Wildman–Crippen MR) is 133 cm³/mol. The summed E-state index contributed by atoms with van der Waals surface area (Å²) in [5.41, 5.74) is 6.34. The van der Waals surface area contributed by atoms with Gasteiger partial charge in [0.15, 0.2) is 0 Å².